The Labute approximate surface area is 156 Å². The van der Waals surface area contributed by atoms with Gasteiger partial charge in [0.1, 0.15) is 5.01 Å². The van der Waals surface area contributed by atoms with Crippen molar-refractivity contribution in [2.24, 2.45) is 5.92 Å². The van der Waals surface area contributed by atoms with Gasteiger partial charge in [0.25, 0.3) is 0 Å². The first-order valence-corrected chi connectivity index (χ1v) is 10.7. The number of thioether (sulfide) groups is 1. The molecule has 7 nitrogen and oxygen atoms in total. The Hall–Kier alpha value is -1.35. The van der Waals surface area contributed by atoms with E-state index in [4.69, 9.17) is 0 Å². The Morgan fingerprint density at radius 1 is 1.32 bits per heavy atom. The minimum atomic E-state index is -0.0476. The molecule has 1 aromatic rings. The molecular formula is C16H25N5O2S2. The van der Waals surface area contributed by atoms with E-state index in [2.05, 4.69) is 40.0 Å². The van der Waals surface area contributed by atoms with E-state index >= 15 is 0 Å². The van der Waals surface area contributed by atoms with Gasteiger partial charge < -0.3 is 16.0 Å². The number of urea groups is 1. The molecule has 138 valence electrons. The van der Waals surface area contributed by atoms with Crippen molar-refractivity contribution in [1.82, 2.24) is 20.8 Å². The van der Waals surface area contributed by atoms with Gasteiger partial charge in [0.15, 0.2) is 0 Å². The second-order valence-corrected chi connectivity index (χ2v) is 9.35. The maximum atomic E-state index is 12.0. The molecule has 3 heterocycles. The summed E-state index contributed by atoms with van der Waals surface area (Å²) in [5.41, 5.74) is 0. The number of hydrogen-bond donors (Lipinski definition) is 3. The van der Waals surface area contributed by atoms with Crippen molar-refractivity contribution in [2.75, 3.05) is 11.1 Å². The van der Waals surface area contributed by atoms with Crippen LogP contribution in [0.25, 0.3) is 0 Å². The Morgan fingerprint density at radius 2 is 2.16 bits per heavy atom. The van der Waals surface area contributed by atoms with Crippen LogP contribution in [0.1, 0.15) is 44.5 Å². The van der Waals surface area contributed by atoms with Gasteiger partial charge in [-0.25, -0.2) is 4.79 Å². The van der Waals surface area contributed by atoms with E-state index in [1.807, 2.05) is 11.8 Å². The Morgan fingerprint density at radius 3 is 2.96 bits per heavy atom. The van der Waals surface area contributed by atoms with Crippen LogP contribution in [0.5, 0.6) is 0 Å². The molecule has 1 aromatic heterocycles. The van der Waals surface area contributed by atoms with Crippen molar-refractivity contribution in [2.45, 2.75) is 63.3 Å². The van der Waals surface area contributed by atoms with Crippen molar-refractivity contribution in [3.8, 4) is 0 Å². The van der Waals surface area contributed by atoms with Crippen LogP contribution >= 0.6 is 23.1 Å². The first kappa shape index (κ1) is 18.4. The fraction of sp³-hybridized carbons (Fsp3) is 0.750. The minimum Gasteiger partial charge on any atom is -0.332 e. The second kappa shape index (κ2) is 8.35. The highest BCUT2D eigenvalue weighted by Crippen LogP contribution is 2.33. The molecule has 2 fully saturated rings. The van der Waals surface area contributed by atoms with E-state index in [9.17, 15) is 9.59 Å². The summed E-state index contributed by atoms with van der Waals surface area (Å²) < 4.78 is 0. The molecular weight excluding hydrogens is 358 g/mol. The van der Waals surface area contributed by atoms with Gasteiger partial charge in [0.05, 0.1) is 12.1 Å². The van der Waals surface area contributed by atoms with Gasteiger partial charge in [-0.3, -0.25) is 4.79 Å². The number of nitrogens with zero attached hydrogens (tertiary/aromatic N) is 2. The SMILES string of the molecule is CC(C)Cc1nnc(NC(=O)CCCC[C@H]2SC[C@@H]3NC(=O)N[C@H]32)s1. The Bertz CT molecular complexity index is 621. The monoisotopic (exact) mass is 383 g/mol. The highest BCUT2D eigenvalue weighted by atomic mass is 32.2. The summed E-state index contributed by atoms with van der Waals surface area (Å²) in [6.07, 6.45) is 4.24. The van der Waals surface area contributed by atoms with E-state index in [1.54, 1.807) is 0 Å². The molecule has 2 aliphatic heterocycles. The molecule has 25 heavy (non-hydrogen) atoms. The van der Waals surface area contributed by atoms with Gasteiger partial charge in [-0.2, -0.15) is 11.8 Å². The quantitative estimate of drug-likeness (QED) is 0.473. The lowest BCUT2D eigenvalue weighted by Crippen LogP contribution is -2.36. The third-order valence-corrected chi connectivity index (χ3v) is 6.75. The molecule has 3 atom stereocenters. The molecule has 0 radical (unpaired) electrons. The predicted octanol–water partition coefficient (Wildman–Crippen LogP) is 2.40. The number of carbonyl (C=O) groups is 2. The van der Waals surface area contributed by atoms with Gasteiger partial charge >= 0.3 is 6.03 Å². The summed E-state index contributed by atoms with van der Waals surface area (Å²) in [6.45, 7) is 4.27. The second-order valence-electron chi connectivity index (χ2n) is 7.01. The van der Waals surface area contributed by atoms with Crippen molar-refractivity contribution >= 4 is 40.2 Å². The van der Waals surface area contributed by atoms with Crippen molar-refractivity contribution in [1.29, 1.82) is 0 Å². The lowest BCUT2D eigenvalue weighted by molar-refractivity contribution is -0.116. The summed E-state index contributed by atoms with van der Waals surface area (Å²) in [7, 11) is 0. The first-order chi connectivity index (χ1) is 12.0. The zero-order chi connectivity index (χ0) is 17.8. The van der Waals surface area contributed by atoms with Crippen LogP contribution in [-0.2, 0) is 11.2 Å². The number of rotatable bonds is 8. The van der Waals surface area contributed by atoms with Crippen molar-refractivity contribution < 1.29 is 9.59 Å². The predicted molar refractivity (Wildman–Crippen MR) is 101 cm³/mol. The number of aromatic nitrogens is 2. The molecule has 2 aliphatic rings. The number of carbonyl (C=O) groups excluding carboxylic acids is 2. The topological polar surface area (TPSA) is 96.0 Å². The van der Waals surface area contributed by atoms with Crippen LogP contribution in [-0.4, -0.2) is 45.2 Å². The van der Waals surface area contributed by atoms with Crippen molar-refractivity contribution in [3.63, 3.8) is 0 Å². The highest BCUT2D eigenvalue weighted by molar-refractivity contribution is 8.00. The molecule has 0 unspecified atom stereocenters. The average molecular weight is 384 g/mol. The maximum absolute atomic E-state index is 12.0. The van der Waals surface area contributed by atoms with Crippen molar-refractivity contribution in [3.05, 3.63) is 5.01 Å². The summed E-state index contributed by atoms with van der Waals surface area (Å²) in [5.74, 6) is 1.51. The maximum Gasteiger partial charge on any atom is 0.315 e. The zero-order valence-corrected chi connectivity index (χ0v) is 16.2. The van der Waals surface area contributed by atoms with Gasteiger partial charge in [0, 0.05) is 23.8 Å². The first-order valence-electron chi connectivity index (χ1n) is 8.82. The number of unbranched alkanes of at least 4 members (excludes halogenated alkanes) is 1. The van der Waals surface area contributed by atoms with Gasteiger partial charge in [-0.15, -0.1) is 10.2 Å². The summed E-state index contributed by atoms with van der Waals surface area (Å²) in [4.78, 5) is 23.4. The number of amides is 3. The standard InChI is InChI=1S/C16H25N5O2S2/c1-9(2)7-13-20-21-16(25-13)18-12(22)6-4-3-5-11-14-10(8-24-11)17-15(23)19-14/h9-11,14H,3-8H2,1-2H3,(H2,17,19,23)(H,18,21,22)/t10-,11+,14+/m0/s1. The van der Waals surface area contributed by atoms with Crippen LogP contribution in [0.4, 0.5) is 9.93 Å². The van der Waals surface area contributed by atoms with Crippen LogP contribution in [0, 0.1) is 5.92 Å². The number of nitrogens with one attached hydrogen (secondary N) is 3. The molecule has 0 aliphatic carbocycles. The smallest absolute Gasteiger partial charge is 0.315 e. The van der Waals surface area contributed by atoms with E-state index in [0.29, 0.717) is 22.7 Å². The molecule has 3 N–H and O–H groups in total. The van der Waals surface area contributed by atoms with Gasteiger partial charge in [0.2, 0.25) is 11.0 Å². The summed E-state index contributed by atoms with van der Waals surface area (Å²) in [6, 6.07) is 0.462. The van der Waals surface area contributed by atoms with E-state index in [-0.39, 0.29) is 24.0 Å². The highest BCUT2D eigenvalue weighted by Gasteiger charge is 2.42. The molecule has 0 saturated carbocycles. The minimum absolute atomic E-state index is 0.0000318. The Kier molecular flexibility index (Phi) is 6.16. The molecule has 3 amide bonds. The van der Waals surface area contributed by atoms with Crippen LogP contribution in [0.3, 0.4) is 0 Å². The molecule has 0 bridgehead atoms. The molecule has 3 rings (SSSR count). The van der Waals surface area contributed by atoms with E-state index in [1.165, 1.54) is 11.3 Å². The average Bonchev–Trinajstić information content (AvgIpc) is 3.20. The number of hydrogen-bond acceptors (Lipinski definition) is 6. The fourth-order valence-corrected chi connectivity index (χ4v) is 5.70. The van der Waals surface area contributed by atoms with Gasteiger partial charge in [-0.05, 0) is 18.8 Å². The van der Waals surface area contributed by atoms with Crippen LogP contribution in [0.2, 0.25) is 0 Å². The van der Waals surface area contributed by atoms with E-state index < -0.39 is 0 Å². The largest absolute Gasteiger partial charge is 0.332 e. The summed E-state index contributed by atoms with van der Waals surface area (Å²) in [5, 5.41) is 18.9. The summed E-state index contributed by atoms with van der Waals surface area (Å²) >= 11 is 3.37. The third-order valence-electron chi connectivity index (χ3n) is 4.38. The lowest BCUT2D eigenvalue weighted by Gasteiger charge is -2.16. The van der Waals surface area contributed by atoms with Crippen LogP contribution < -0.4 is 16.0 Å². The normalized spacial score (nSPS) is 24.9. The number of anilines is 1. The molecule has 2 saturated heterocycles. The van der Waals surface area contributed by atoms with E-state index in [0.717, 1.165) is 36.4 Å². The molecule has 0 spiro atoms. The van der Waals surface area contributed by atoms with Crippen LogP contribution in [0.15, 0.2) is 0 Å². The molecule has 0 aromatic carbocycles. The number of fused-ring (bicyclic) bond motifs is 1. The lowest BCUT2D eigenvalue weighted by atomic mass is 10.0. The van der Waals surface area contributed by atoms with Gasteiger partial charge in [-0.1, -0.05) is 31.6 Å². The third kappa shape index (κ3) is 5.07. The molecule has 9 heteroatoms. The Balaban J connectivity index is 1.33. The zero-order valence-electron chi connectivity index (χ0n) is 14.6. The fourth-order valence-electron chi connectivity index (χ4n) is 3.19.